The predicted octanol–water partition coefficient (Wildman–Crippen LogP) is 3.12. The summed E-state index contributed by atoms with van der Waals surface area (Å²) in [5.41, 5.74) is 7.40. The van der Waals surface area contributed by atoms with E-state index in [4.69, 9.17) is 22.1 Å². The molecule has 1 aliphatic carbocycles. The van der Waals surface area contributed by atoms with E-state index >= 15 is 0 Å². The Kier molecular flexibility index (Phi) is 2.67. The molecule has 2 nitrogen and oxygen atoms in total. The van der Waals surface area contributed by atoms with Crippen molar-refractivity contribution in [3.8, 4) is 5.75 Å². The maximum absolute atomic E-state index is 6.31. The molecule has 0 spiro atoms. The van der Waals surface area contributed by atoms with Crippen LogP contribution in [0.5, 0.6) is 5.75 Å². The quantitative estimate of drug-likeness (QED) is 0.880. The molecule has 1 aromatic carbocycles. The van der Waals surface area contributed by atoms with Crippen molar-refractivity contribution in [2.45, 2.75) is 37.6 Å². The van der Waals surface area contributed by atoms with Gasteiger partial charge in [0, 0.05) is 11.0 Å². The van der Waals surface area contributed by atoms with E-state index in [1.807, 2.05) is 18.2 Å². The van der Waals surface area contributed by atoms with Crippen molar-refractivity contribution >= 4 is 11.6 Å². The fourth-order valence-corrected chi connectivity index (χ4v) is 2.29. The SMILES string of the molecule is COc1cc(C(C)(C)C2(N)CC2)ccc1Cl. The lowest BCUT2D eigenvalue weighted by Gasteiger charge is -2.32. The number of hydrogen-bond donors (Lipinski definition) is 1. The smallest absolute Gasteiger partial charge is 0.137 e. The normalized spacial score (nSPS) is 18.3. The van der Waals surface area contributed by atoms with Gasteiger partial charge in [-0.3, -0.25) is 0 Å². The zero-order chi connectivity index (χ0) is 12.0. The van der Waals surface area contributed by atoms with Crippen LogP contribution in [-0.4, -0.2) is 12.6 Å². The van der Waals surface area contributed by atoms with E-state index in [0.29, 0.717) is 5.02 Å². The van der Waals surface area contributed by atoms with Crippen LogP contribution < -0.4 is 10.5 Å². The minimum atomic E-state index is -0.0636. The Bertz CT molecular complexity index is 410. The van der Waals surface area contributed by atoms with E-state index < -0.39 is 0 Å². The van der Waals surface area contributed by atoms with Gasteiger partial charge in [-0.25, -0.2) is 0 Å². The van der Waals surface area contributed by atoms with Gasteiger partial charge in [-0.2, -0.15) is 0 Å². The molecule has 3 heteroatoms. The minimum Gasteiger partial charge on any atom is -0.495 e. The number of nitrogens with two attached hydrogens (primary N) is 1. The van der Waals surface area contributed by atoms with Gasteiger partial charge < -0.3 is 10.5 Å². The third-order valence-corrected chi connectivity index (χ3v) is 4.22. The molecule has 1 saturated carbocycles. The van der Waals surface area contributed by atoms with Crippen LogP contribution in [0.15, 0.2) is 18.2 Å². The highest BCUT2D eigenvalue weighted by atomic mass is 35.5. The molecule has 1 aliphatic rings. The first kappa shape index (κ1) is 11.7. The average Bonchev–Trinajstić information content (AvgIpc) is 2.98. The second-order valence-electron chi connectivity index (χ2n) is 5.13. The van der Waals surface area contributed by atoms with Gasteiger partial charge in [0.15, 0.2) is 0 Å². The van der Waals surface area contributed by atoms with Crippen LogP contribution in [0.1, 0.15) is 32.3 Å². The lowest BCUT2D eigenvalue weighted by Crippen LogP contribution is -2.43. The Labute approximate surface area is 102 Å². The number of ether oxygens (including phenoxy) is 1. The van der Waals surface area contributed by atoms with E-state index in [9.17, 15) is 0 Å². The summed E-state index contributed by atoms with van der Waals surface area (Å²) in [6.45, 7) is 4.37. The van der Waals surface area contributed by atoms with Gasteiger partial charge in [-0.1, -0.05) is 31.5 Å². The lowest BCUT2D eigenvalue weighted by atomic mass is 9.76. The molecule has 2 rings (SSSR count). The fourth-order valence-electron chi connectivity index (χ4n) is 2.10. The largest absolute Gasteiger partial charge is 0.495 e. The van der Waals surface area contributed by atoms with Gasteiger partial charge in [0.25, 0.3) is 0 Å². The first-order chi connectivity index (χ1) is 7.40. The summed E-state index contributed by atoms with van der Waals surface area (Å²) in [5, 5.41) is 0.643. The third kappa shape index (κ3) is 1.70. The highest BCUT2D eigenvalue weighted by molar-refractivity contribution is 6.32. The van der Waals surface area contributed by atoms with E-state index in [1.165, 1.54) is 5.56 Å². The van der Waals surface area contributed by atoms with E-state index in [1.54, 1.807) is 7.11 Å². The Balaban J connectivity index is 2.40. The molecule has 16 heavy (non-hydrogen) atoms. The van der Waals surface area contributed by atoms with E-state index in [-0.39, 0.29) is 11.0 Å². The molecule has 1 aromatic rings. The molecule has 0 atom stereocenters. The van der Waals surface area contributed by atoms with E-state index in [2.05, 4.69) is 13.8 Å². The van der Waals surface area contributed by atoms with Crippen LogP contribution >= 0.6 is 11.6 Å². The first-order valence-corrected chi connectivity index (χ1v) is 5.91. The second-order valence-corrected chi connectivity index (χ2v) is 5.54. The first-order valence-electron chi connectivity index (χ1n) is 5.54. The van der Waals surface area contributed by atoms with Crippen LogP contribution in [0.3, 0.4) is 0 Å². The summed E-state index contributed by atoms with van der Waals surface area (Å²) >= 11 is 6.02. The molecule has 88 valence electrons. The van der Waals surface area contributed by atoms with Crippen LogP contribution in [0.4, 0.5) is 0 Å². The topological polar surface area (TPSA) is 35.2 Å². The molecular formula is C13H18ClNO. The summed E-state index contributed by atoms with van der Waals surface area (Å²) < 4.78 is 5.24. The van der Waals surface area contributed by atoms with Gasteiger partial charge in [-0.15, -0.1) is 0 Å². The molecule has 0 radical (unpaired) electrons. The summed E-state index contributed by atoms with van der Waals surface area (Å²) in [6, 6.07) is 5.91. The average molecular weight is 240 g/mol. The van der Waals surface area contributed by atoms with Gasteiger partial charge in [-0.05, 0) is 30.5 Å². The standard InChI is InChI=1S/C13H18ClNO/c1-12(2,13(15)6-7-13)9-4-5-10(14)11(8-9)16-3/h4-5,8H,6-7,15H2,1-3H3. The maximum Gasteiger partial charge on any atom is 0.137 e. The van der Waals surface area contributed by atoms with Crippen molar-refractivity contribution in [2.75, 3.05) is 7.11 Å². The molecule has 0 aromatic heterocycles. The zero-order valence-electron chi connectivity index (χ0n) is 10.0. The number of methoxy groups -OCH3 is 1. The monoisotopic (exact) mass is 239 g/mol. The number of halogens is 1. The molecular weight excluding hydrogens is 222 g/mol. The van der Waals surface area contributed by atoms with Crippen molar-refractivity contribution in [1.82, 2.24) is 0 Å². The highest BCUT2D eigenvalue weighted by Crippen LogP contribution is 2.49. The molecule has 0 bridgehead atoms. The van der Waals surface area contributed by atoms with Crippen molar-refractivity contribution in [3.63, 3.8) is 0 Å². The molecule has 0 amide bonds. The summed E-state index contributed by atoms with van der Waals surface area (Å²) in [7, 11) is 1.63. The molecule has 2 N–H and O–H groups in total. The van der Waals surface area contributed by atoms with Crippen LogP contribution in [0.2, 0.25) is 5.02 Å². The van der Waals surface area contributed by atoms with Gasteiger partial charge >= 0.3 is 0 Å². The van der Waals surface area contributed by atoms with Crippen molar-refractivity contribution in [3.05, 3.63) is 28.8 Å². The maximum atomic E-state index is 6.31. The number of benzene rings is 1. The fraction of sp³-hybridized carbons (Fsp3) is 0.538. The van der Waals surface area contributed by atoms with Gasteiger partial charge in [0.1, 0.15) is 5.75 Å². The Morgan fingerprint density at radius 3 is 2.50 bits per heavy atom. The van der Waals surface area contributed by atoms with Gasteiger partial charge in [0.2, 0.25) is 0 Å². The summed E-state index contributed by atoms with van der Waals surface area (Å²) in [5.74, 6) is 0.719. The van der Waals surface area contributed by atoms with Crippen molar-refractivity contribution in [2.24, 2.45) is 5.73 Å². The van der Waals surface area contributed by atoms with Gasteiger partial charge in [0.05, 0.1) is 12.1 Å². The molecule has 0 saturated heterocycles. The molecule has 0 aliphatic heterocycles. The van der Waals surface area contributed by atoms with Crippen molar-refractivity contribution in [1.29, 1.82) is 0 Å². The Morgan fingerprint density at radius 2 is 2.00 bits per heavy atom. The molecule has 0 unspecified atom stereocenters. The highest BCUT2D eigenvalue weighted by Gasteiger charge is 2.51. The summed E-state index contributed by atoms with van der Waals surface area (Å²) in [4.78, 5) is 0. The van der Waals surface area contributed by atoms with Crippen LogP contribution in [-0.2, 0) is 5.41 Å². The minimum absolute atomic E-state index is 0.0368. The van der Waals surface area contributed by atoms with Crippen LogP contribution in [0.25, 0.3) is 0 Å². The second kappa shape index (κ2) is 3.64. The third-order valence-electron chi connectivity index (χ3n) is 3.91. The summed E-state index contributed by atoms with van der Waals surface area (Å²) in [6.07, 6.45) is 2.18. The molecule has 0 heterocycles. The predicted molar refractivity (Wildman–Crippen MR) is 67.2 cm³/mol. The Morgan fingerprint density at radius 1 is 1.38 bits per heavy atom. The van der Waals surface area contributed by atoms with Crippen LogP contribution in [0, 0.1) is 0 Å². The number of hydrogen-bond acceptors (Lipinski definition) is 2. The zero-order valence-corrected chi connectivity index (χ0v) is 10.8. The molecule has 1 fully saturated rings. The Hall–Kier alpha value is -0.730. The lowest BCUT2D eigenvalue weighted by molar-refractivity contribution is 0.383. The van der Waals surface area contributed by atoms with E-state index in [0.717, 1.165) is 18.6 Å². The van der Waals surface area contributed by atoms with Crippen molar-refractivity contribution < 1.29 is 4.74 Å². The number of rotatable bonds is 3.